The molecule has 2 fully saturated rings. The van der Waals surface area contributed by atoms with Crippen LogP contribution in [-0.4, -0.2) is 67.2 Å². The van der Waals surface area contributed by atoms with Crippen LogP contribution < -0.4 is 5.32 Å². The SMILES string of the molecule is C[C@H]1CNCCN1C(=O)C1CCCN(S(=O)(=O)c2ccc([N+](=O)[O-])cc2)C1. The van der Waals surface area contributed by atoms with E-state index in [-0.39, 0.29) is 35.0 Å². The number of nitrogens with one attached hydrogen (secondary N) is 1. The quantitative estimate of drug-likeness (QED) is 0.595. The highest BCUT2D eigenvalue weighted by molar-refractivity contribution is 7.89. The summed E-state index contributed by atoms with van der Waals surface area (Å²) in [5.74, 6) is -0.347. The van der Waals surface area contributed by atoms with E-state index in [2.05, 4.69) is 5.32 Å². The minimum absolute atomic E-state index is 0.00704. The third-order valence-corrected chi connectivity index (χ3v) is 7.08. The van der Waals surface area contributed by atoms with Gasteiger partial charge in [-0.2, -0.15) is 4.31 Å². The second-order valence-corrected chi connectivity index (χ2v) is 8.98. The molecule has 1 amide bonds. The molecule has 1 unspecified atom stereocenters. The minimum atomic E-state index is -3.79. The number of benzene rings is 1. The lowest BCUT2D eigenvalue weighted by molar-refractivity contribution is -0.384. The summed E-state index contributed by atoms with van der Waals surface area (Å²) in [5.41, 5.74) is -0.159. The van der Waals surface area contributed by atoms with Gasteiger partial charge in [-0.1, -0.05) is 0 Å². The number of non-ortho nitro benzene ring substituents is 1. The van der Waals surface area contributed by atoms with E-state index in [0.29, 0.717) is 25.9 Å². The number of nitro benzene ring substituents is 1. The lowest BCUT2D eigenvalue weighted by Crippen LogP contribution is -2.55. The zero-order valence-corrected chi connectivity index (χ0v) is 16.0. The van der Waals surface area contributed by atoms with Crippen molar-refractivity contribution in [3.63, 3.8) is 0 Å². The van der Waals surface area contributed by atoms with Crippen LogP contribution in [0.2, 0.25) is 0 Å². The average molecular weight is 396 g/mol. The van der Waals surface area contributed by atoms with Gasteiger partial charge in [-0.05, 0) is 31.9 Å². The molecule has 9 nitrogen and oxygen atoms in total. The van der Waals surface area contributed by atoms with Crippen molar-refractivity contribution in [1.29, 1.82) is 0 Å². The van der Waals surface area contributed by atoms with E-state index in [1.807, 2.05) is 11.8 Å². The van der Waals surface area contributed by atoms with Crippen molar-refractivity contribution in [2.75, 3.05) is 32.7 Å². The van der Waals surface area contributed by atoms with E-state index in [1.165, 1.54) is 28.6 Å². The Morgan fingerprint density at radius 3 is 2.59 bits per heavy atom. The summed E-state index contributed by atoms with van der Waals surface area (Å²) in [6, 6.07) is 4.95. The molecule has 2 atom stereocenters. The maximum atomic E-state index is 12.9. The first-order chi connectivity index (χ1) is 12.8. The number of carbonyl (C=O) groups excluding carboxylic acids is 1. The first-order valence-corrected chi connectivity index (χ1v) is 10.5. The Labute approximate surface area is 158 Å². The Bertz CT molecular complexity index is 811. The lowest BCUT2D eigenvalue weighted by atomic mass is 9.97. The van der Waals surface area contributed by atoms with Gasteiger partial charge < -0.3 is 10.2 Å². The number of nitro groups is 1. The number of amides is 1. The van der Waals surface area contributed by atoms with Crippen molar-refractivity contribution >= 4 is 21.6 Å². The van der Waals surface area contributed by atoms with E-state index >= 15 is 0 Å². The largest absolute Gasteiger partial charge is 0.337 e. The predicted octanol–water partition coefficient (Wildman–Crippen LogP) is 0.816. The molecule has 0 aliphatic carbocycles. The highest BCUT2D eigenvalue weighted by Gasteiger charge is 2.36. The minimum Gasteiger partial charge on any atom is -0.337 e. The van der Waals surface area contributed by atoms with Crippen LogP contribution in [0.15, 0.2) is 29.2 Å². The summed E-state index contributed by atoms with van der Waals surface area (Å²) in [4.78, 5) is 24.9. The summed E-state index contributed by atoms with van der Waals surface area (Å²) >= 11 is 0. The Balaban J connectivity index is 1.74. The molecule has 0 bridgehead atoms. The van der Waals surface area contributed by atoms with Crippen molar-refractivity contribution in [3.8, 4) is 0 Å². The molecule has 10 heteroatoms. The fraction of sp³-hybridized carbons (Fsp3) is 0.588. The Morgan fingerprint density at radius 1 is 1.26 bits per heavy atom. The highest BCUT2D eigenvalue weighted by atomic mass is 32.2. The molecular formula is C17H24N4O5S. The van der Waals surface area contributed by atoms with Crippen LogP contribution in [0.4, 0.5) is 5.69 Å². The van der Waals surface area contributed by atoms with Gasteiger partial charge in [0.25, 0.3) is 5.69 Å². The first kappa shape index (κ1) is 19.7. The average Bonchev–Trinajstić information content (AvgIpc) is 2.68. The van der Waals surface area contributed by atoms with Crippen molar-refractivity contribution in [1.82, 2.24) is 14.5 Å². The van der Waals surface area contributed by atoms with Crippen molar-refractivity contribution in [2.24, 2.45) is 5.92 Å². The third kappa shape index (κ3) is 4.12. The number of hydrogen-bond acceptors (Lipinski definition) is 6. The number of carbonyl (C=O) groups is 1. The highest BCUT2D eigenvalue weighted by Crippen LogP contribution is 2.26. The zero-order valence-electron chi connectivity index (χ0n) is 15.2. The Morgan fingerprint density at radius 2 is 1.96 bits per heavy atom. The number of piperidine rings is 1. The zero-order chi connectivity index (χ0) is 19.6. The molecule has 1 aromatic rings. The monoisotopic (exact) mass is 396 g/mol. The number of nitrogens with zero attached hydrogens (tertiary/aromatic N) is 3. The standard InChI is InChI=1S/C17H24N4O5S/c1-13-11-18-8-10-20(13)17(22)14-3-2-9-19(12-14)27(25,26)16-6-4-15(5-7-16)21(23)24/h4-7,13-14,18H,2-3,8-12H2,1H3/t13-,14?/m0/s1. The van der Waals surface area contributed by atoms with Gasteiger partial charge in [0.15, 0.2) is 0 Å². The summed E-state index contributed by atoms with van der Waals surface area (Å²) in [5, 5.41) is 14.0. The molecule has 148 valence electrons. The van der Waals surface area contributed by atoms with Crippen LogP contribution >= 0.6 is 0 Å². The number of piperazine rings is 1. The maximum absolute atomic E-state index is 12.9. The van der Waals surface area contributed by atoms with Gasteiger partial charge in [-0.25, -0.2) is 8.42 Å². The molecule has 3 rings (SSSR count). The van der Waals surface area contributed by atoms with E-state index in [0.717, 1.165) is 13.1 Å². The Kier molecular flexibility index (Phi) is 5.78. The predicted molar refractivity (Wildman–Crippen MR) is 98.6 cm³/mol. The molecule has 0 radical (unpaired) electrons. The van der Waals surface area contributed by atoms with Crippen molar-refractivity contribution < 1.29 is 18.1 Å². The van der Waals surface area contributed by atoms with Crippen LogP contribution in [0, 0.1) is 16.0 Å². The van der Waals surface area contributed by atoms with Gasteiger partial charge in [-0.15, -0.1) is 0 Å². The van der Waals surface area contributed by atoms with Gasteiger partial charge in [0.05, 0.1) is 15.7 Å². The maximum Gasteiger partial charge on any atom is 0.269 e. The van der Waals surface area contributed by atoms with Gasteiger partial charge >= 0.3 is 0 Å². The molecule has 2 aliphatic heterocycles. The molecule has 0 saturated carbocycles. The lowest BCUT2D eigenvalue weighted by Gasteiger charge is -2.39. The second kappa shape index (κ2) is 7.91. The van der Waals surface area contributed by atoms with Crippen LogP contribution in [0.3, 0.4) is 0 Å². The number of sulfonamides is 1. The summed E-state index contributed by atoms with van der Waals surface area (Å²) in [6.07, 6.45) is 1.28. The first-order valence-electron chi connectivity index (χ1n) is 9.06. The molecule has 0 aromatic heterocycles. The number of hydrogen-bond donors (Lipinski definition) is 1. The third-order valence-electron chi connectivity index (χ3n) is 5.20. The fourth-order valence-electron chi connectivity index (χ4n) is 3.65. The molecular weight excluding hydrogens is 372 g/mol. The smallest absolute Gasteiger partial charge is 0.269 e. The molecule has 2 heterocycles. The second-order valence-electron chi connectivity index (χ2n) is 7.04. The van der Waals surface area contributed by atoms with Gasteiger partial charge in [0.1, 0.15) is 0 Å². The van der Waals surface area contributed by atoms with Crippen molar-refractivity contribution in [2.45, 2.75) is 30.7 Å². The van der Waals surface area contributed by atoms with E-state index < -0.39 is 14.9 Å². The summed E-state index contributed by atoms with van der Waals surface area (Å²) in [7, 11) is -3.79. The van der Waals surface area contributed by atoms with E-state index in [4.69, 9.17) is 0 Å². The van der Waals surface area contributed by atoms with Crippen LogP contribution in [0.1, 0.15) is 19.8 Å². The topological polar surface area (TPSA) is 113 Å². The van der Waals surface area contributed by atoms with Crippen LogP contribution in [-0.2, 0) is 14.8 Å². The summed E-state index contributed by atoms with van der Waals surface area (Å²) < 4.78 is 27.1. The van der Waals surface area contributed by atoms with Gasteiger partial charge in [0.2, 0.25) is 15.9 Å². The molecule has 27 heavy (non-hydrogen) atoms. The van der Waals surface area contributed by atoms with Crippen LogP contribution in [0.25, 0.3) is 0 Å². The molecule has 1 N–H and O–H groups in total. The molecule has 1 aromatic carbocycles. The van der Waals surface area contributed by atoms with Crippen LogP contribution in [0.5, 0.6) is 0 Å². The normalized spacial score (nSPS) is 24.6. The van der Waals surface area contributed by atoms with Gasteiger partial charge in [0, 0.05) is 50.9 Å². The molecule has 2 saturated heterocycles. The number of rotatable bonds is 4. The Hall–Kier alpha value is -2.04. The molecule has 2 aliphatic rings. The summed E-state index contributed by atoms with van der Waals surface area (Å²) in [6.45, 7) is 4.59. The van der Waals surface area contributed by atoms with Crippen molar-refractivity contribution in [3.05, 3.63) is 34.4 Å². The molecule has 0 spiro atoms. The van der Waals surface area contributed by atoms with Gasteiger partial charge in [-0.3, -0.25) is 14.9 Å². The van der Waals surface area contributed by atoms with E-state index in [1.54, 1.807) is 0 Å². The van der Waals surface area contributed by atoms with E-state index in [9.17, 15) is 23.3 Å². The fourth-order valence-corrected chi connectivity index (χ4v) is 5.18.